The standard InChI is InChI=1S/C22H28N2O6S/c1-29-17-8-5-6-15(20(17)30-2)14-18-21(27)24(22(28)31-18)12-9-19(26)23-11-4-3-7-16(23)10-13-25/h5-6,8,14,16,25H,3-4,7,9-13H2,1-2H3. The van der Waals surface area contributed by atoms with Crippen LogP contribution in [-0.2, 0) is 9.59 Å². The fourth-order valence-corrected chi connectivity index (χ4v) is 4.84. The molecule has 2 aliphatic rings. The minimum atomic E-state index is -0.418. The van der Waals surface area contributed by atoms with Gasteiger partial charge in [0.15, 0.2) is 11.5 Å². The van der Waals surface area contributed by atoms with E-state index in [9.17, 15) is 19.5 Å². The maximum atomic E-state index is 12.8. The van der Waals surface area contributed by atoms with Crippen LogP contribution in [0.4, 0.5) is 4.79 Å². The third-order valence-electron chi connectivity index (χ3n) is 5.55. The first-order valence-electron chi connectivity index (χ1n) is 10.4. The Hall–Kier alpha value is -2.52. The van der Waals surface area contributed by atoms with E-state index in [0.717, 1.165) is 35.9 Å². The fourth-order valence-electron chi connectivity index (χ4n) is 3.99. The van der Waals surface area contributed by atoms with Crippen molar-refractivity contribution in [2.45, 2.75) is 38.1 Å². The van der Waals surface area contributed by atoms with Gasteiger partial charge in [0.05, 0.1) is 19.1 Å². The number of likely N-dealkylation sites (tertiary alicyclic amines) is 1. The van der Waals surface area contributed by atoms with Gasteiger partial charge in [0.1, 0.15) is 0 Å². The maximum Gasteiger partial charge on any atom is 0.293 e. The second kappa shape index (κ2) is 10.7. The molecule has 8 nitrogen and oxygen atoms in total. The number of hydrogen-bond acceptors (Lipinski definition) is 7. The van der Waals surface area contributed by atoms with Crippen LogP contribution in [0.1, 0.15) is 37.7 Å². The van der Waals surface area contributed by atoms with Crippen LogP contribution in [0.25, 0.3) is 6.08 Å². The zero-order valence-corrected chi connectivity index (χ0v) is 18.7. The minimum absolute atomic E-state index is 0.0292. The van der Waals surface area contributed by atoms with Crippen LogP contribution in [0.15, 0.2) is 23.1 Å². The SMILES string of the molecule is COc1cccc(C=C2SC(=O)N(CCC(=O)N3CCCCC3CCO)C2=O)c1OC. The van der Waals surface area contributed by atoms with E-state index in [0.29, 0.717) is 30.0 Å². The molecule has 2 heterocycles. The lowest BCUT2D eigenvalue weighted by molar-refractivity contribution is -0.135. The minimum Gasteiger partial charge on any atom is -0.493 e. The predicted octanol–water partition coefficient (Wildman–Crippen LogP) is 2.89. The van der Waals surface area contributed by atoms with E-state index in [-0.39, 0.29) is 36.4 Å². The number of nitrogens with zero attached hydrogens (tertiary/aromatic N) is 2. The number of carbonyl (C=O) groups is 3. The molecule has 0 aliphatic carbocycles. The molecule has 168 valence electrons. The first-order chi connectivity index (χ1) is 15.0. The summed E-state index contributed by atoms with van der Waals surface area (Å²) in [5.41, 5.74) is 0.628. The molecule has 9 heteroatoms. The molecule has 1 N–H and O–H groups in total. The molecule has 0 saturated carbocycles. The summed E-state index contributed by atoms with van der Waals surface area (Å²) in [4.78, 5) is 41.2. The Morgan fingerprint density at radius 1 is 1.26 bits per heavy atom. The number of ether oxygens (including phenoxy) is 2. The number of piperidine rings is 1. The molecule has 3 amide bonds. The van der Waals surface area contributed by atoms with Gasteiger partial charge < -0.3 is 19.5 Å². The summed E-state index contributed by atoms with van der Waals surface area (Å²) in [6, 6.07) is 5.33. The van der Waals surface area contributed by atoms with Crippen LogP contribution in [0, 0.1) is 0 Å². The molecule has 1 unspecified atom stereocenters. The van der Waals surface area contributed by atoms with Gasteiger partial charge in [-0.2, -0.15) is 0 Å². The smallest absolute Gasteiger partial charge is 0.293 e. The van der Waals surface area contributed by atoms with Crippen molar-refractivity contribution in [3.8, 4) is 11.5 Å². The third kappa shape index (κ3) is 5.22. The van der Waals surface area contributed by atoms with Gasteiger partial charge in [0, 0.05) is 37.7 Å². The third-order valence-corrected chi connectivity index (χ3v) is 6.46. The first-order valence-corrected chi connectivity index (χ1v) is 11.2. The number of aliphatic hydroxyl groups excluding tert-OH is 1. The quantitative estimate of drug-likeness (QED) is 0.611. The molecule has 1 atom stereocenters. The summed E-state index contributed by atoms with van der Waals surface area (Å²) in [5, 5.41) is 8.86. The number of carbonyl (C=O) groups excluding carboxylic acids is 3. The first kappa shape index (κ1) is 23.1. The number of thioether (sulfide) groups is 1. The number of aliphatic hydroxyl groups is 1. The van der Waals surface area contributed by atoms with Crippen molar-refractivity contribution in [3.05, 3.63) is 28.7 Å². The van der Waals surface area contributed by atoms with Crippen molar-refractivity contribution in [3.63, 3.8) is 0 Å². The van der Waals surface area contributed by atoms with Gasteiger partial charge in [-0.3, -0.25) is 19.3 Å². The zero-order valence-electron chi connectivity index (χ0n) is 17.8. The summed E-state index contributed by atoms with van der Waals surface area (Å²) in [5.74, 6) is 0.501. The molecular formula is C22H28N2O6S. The van der Waals surface area contributed by atoms with Crippen LogP contribution in [0.2, 0.25) is 0 Å². The normalized spacial score (nSPS) is 20.5. The van der Waals surface area contributed by atoms with Crippen molar-refractivity contribution >= 4 is 34.9 Å². The van der Waals surface area contributed by atoms with E-state index in [1.165, 1.54) is 14.2 Å². The lowest BCUT2D eigenvalue weighted by Crippen LogP contribution is -2.45. The zero-order chi connectivity index (χ0) is 22.4. The van der Waals surface area contributed by atoms with E-state index >= 15 is 0 Å². The number of para-hydroxylation sites is 1. The monoisotopic (exact) mass is 448 g/mol. The number of imide groups is 1. The Morgan fingerprint density at radius 2 is 2.06 bits per heavy atom. The molecule has 2 aliphatic heterocycles. The average Bonchev–Trinajstić information content (AvgIpc) is 3.04. The molecule has 2 fully saturated rings. The van der Waals surface area contributed by atoms with Gasteiger partial charge in [0.2, 0.25) is 5.91 Å². The molecule has 0 spiro atoms. The number of benzene rings is 1. The van der Waals surface area contributed by atoms with Gasteiger partial charge in [-0.25, -0.2) is 0 Å². The molecule has 31 heavy (non-hydrogen) atoms. The largest absolute Gasteiger partial charge is 0.493 e. The summed E-state index contributed by atoms with van der Waals surface area (Å²) in [7, 11) is 3.04. The Bertz CT molecular complexity index is 870. The second-order valence-electron chi connectivity index (χ2n) is 7.42. The fraction of sp³-hybridized carbons (Fsp3) is 0.500. The maximum absolute atomic E-state index is 12.8. The highest BCUT2D eigenvalue weighted by atomic mass is 32.2. The highest BCUT2D eigenvalue weighted by molar-refractivity contribution is 8.18. The van der Waals surface area contributed by atoms with Crippen molar-refractivity contribution in [1.29, 1.82) is 0 Å². The van der Waals surface area contributed by atoms with Gasteiger partial charge >= 0.3 is 0 Å². The number of rotatable bonds is 8. The van der Waals surface area contributed by atoms with Gasteiger partial charge in [-0.1, -0.05) is 12.1 Å². The van der Waals surface area contributed by atoms with E-state index in [1.54, 1.807) is 29.2 Å². The Kier molecular flexibility index (Phi) is 7.97. The van der Waals surface area contributed by atoms with Gasteiger partial charge in [-0.15, -0.1) is 0 Å². The lowest BCUT2D eigenvalue weighted by atomic mass is 9.99. The van der Waals surface area contributed by atoms with Crippen molar-refractivity contribution < 1.29 is 29.0 Å². The van der Waals surface area contributed by atoms with E-state index in [4.69, 9.17) is 9.47 Å². The topological polar surface area (TPSA) is 96.4 Å². The molecule has 0 aromatic heterocycles. The predicted molar refractivity (Wildman–Crippen MR) is 118 cm³/mol. The molecule has 1 aromatic rings. The van der Waals surface area contributed by atoms with Crippen molar-refractivity contribution in [2.75, 3.05) is 33.9 Å². The lowest BCUT2D eigenvalue weighted by Gasteiger charge is -2.36. The van der Waals surface area contributed by atoms with E-state index in [1.807, 2.05) is 0 Å². The Labute approximate surface area is 186 Å². The van der Waals surface area contributed by atoms with Crippen molar-refractivity contribution in [1.82, 2.24) is 9.80 Å². The summed E-state index contributed by atoms with van der Waals surface area (Å²) in [6.07, 6.45) is 5.08. The van der Waals surface area contributed by atoms with E-state index in [2.05, 4.69) is 0 Å². The summed E-state index contributed by atoms with van der Waals surface area (Å²) < 4.78 is 10.7. The summed E-state index contributed by atoms with van der Waals surface area (Å²) in [6.45, 7) is 0.732. The molecule has 2 saturated heterocycles. The Morgan fingerprint density at radius 3 is 2.77 bits per heavy atom. The number of hydrogen-bond donors (Lipinski definition) is 1. The van der Waals surface area contributed by atoms with Crippen LogP contribution in [0.3, 0.4) is 0 Å². The van der Waals surface area contributed by atoms with Gasteiger partial charge in [-0.05, 0) is 49.6 Å². The van der Waals surface area contributed by atoms with E-state index < -0.39 is 11.1 Å². The van der Waals surface area contributed by atoms with Crippen LogP contribution >= 0.6 is 11.8 Å². The highest BCUT2D eigenvalue weighted by Crippen LogP contribution is 2.37. The van der Waals surface area contributed by atoms with Crippen LogP contribution in [-0.4, -0.2) is 71.9 Å². The van der Waals surface area contributed by atoms with Crippen LogP contribution in [0.5, 0.6) is 11.5 Å². The molecular weight excluding hydrogens is 420 g/mol. The number of methoxy groups -OCH3 is 2. The molecule has 0 bridgehead atoms. The highest BCUT2D eigenvalue weighted by Gasteiger charge is 2.36. The molecule has 3 rings (SSSR count). The number of amides is 3. The molecule has 1 aromatic carbocycles. The second-order valence-corrected chi connectivity index (χ2v) is 8.41. The average molecular weight is 449 g/mol. The summed E-state index contributed by atoms with van der Waals surface area (Å²) >= 11 is 0.849. The Balaban J connectivity index is 1.68. The van der Waals surface area contributed by atoms with Crippen LogP contribution < -0.4 is 9.47 Å². The van der Waals surface area contributed by atoms with Gasteiger partial charge in [0.25, 0.3) is 11.1 Å². The van der Waals surface area contributed by atoms with Crippen molar-refractivity contribution in [2.24, 2.45) is 0 Å². The molecule has 0 radical (unpaired) electrons.